The molecule has 1 aromatic heterocycles. The molecule has 0 aliphatic rings. The van der Waals surface area contributed by atoms with Crippen molar-refractivity contribution in [1.82, 2.24) is 15.5 Å². The minimum atomic E-state index is -0.443. The van der Waals surface area contributed by atoms with Crippen molar-refractivity contribution in [3.05, 3.63) is 11.7 Å². The number of nitrogens with zero attached hydrogens (tertiary/aromatic N) is 2. The molecule has 1 heterocycles. The SMILES string of the molecule is CCC(C)(OC)c1noc(CCNC)n1. The summed E-state index contributed by atoms with van der Waals surface area (Å²) in [6.07, 6.45) is 1.56. The smallest absolute Gasteiger partial charge is 0.228 e. The Hall–Kier alpha value is -0.940. The lowest BCUT2D eigenvalue weighted by molar-refractivity contribution is -0.0106. The van der Waals surface area contributed by atoms with Crippen molar-refractivity contribution in [3.63, 3.8) is 0 Å². The number of nitrogens with one attached hydrogen (secondary N) is 1. The maximum atomic E-state index is 5.39. The van der Waals surface area contributed by atoms with E-state index in [-0.39, 0.29) is 0 Å². The van der Waals surface area contributed by atoms with Crippen molar-refractivity contribution in [2.75, 3.05) is 20.7 Å². The zero-order valence-corrected chi connectivity index (χ0v) is 9.83. The van der Waals surface area contributed by atoms with Gasteiger partial charge in [0.1, 0.15) is 5.60 Å². The number of hydrogen-bond donors (Lipinski definition) is 1. The van der Waals surface area contributed by atoms with Crippen LogP contribution in [0, 0.1) is 0 Å². The second-order valence-corrected chi connectivity index (χ2v) is 3.65. The average molecular weight is 213 g/mol. The van der Waals surface area contributed by atoms with E-state index in [1.807, 2.05) is 20.9 Å². The molecule has 1 unspecified atom stereocenters. The molecule has 86 valence electrons. The Morgan fingerprint density at radius 2 is 2.27 bits per heavy atom. The van der Waals surface area contributed by atoms with Gasteiger partial charge in [0.15, 0.2) is 0 Å². The zero-order valence-electron chi connectivity index (χ0n) is 9.83. The van der Waals surface area contributed by atoms with Crippen LogP contribution in [0.25, 0.3) is 0 Å². The first-order valence-corrected chi connectivity index (χ1v) is 5.19. The first-order chi connectivity index (χ1) is 7.16. The van der Waals surface area contributed by atoms with Gasteiger partial charge in [0.05, 0.1) is 0 Å². The van der Waals surface area contributed by atoms with Crippen molar-refractivity contribution in [2.45, 2.75) is 32.3 Å². The summed E-state index contributed by atoms with van der Waals surface area (Å²) in [7, 11) is 3.55. The third-order valence-corrected chi connectivity index (χ3v) is 2.66. The molecule has 0 saturated carbocycles. The molecule has 0 amide bonds. The van der Waals surface area contributed by atoms with Gasteiger partial charge in [0.2, 0.25) is 11.7 Å². The Morgan fingerprint density at radius 3 is 2.80 bits per heavy atom. The van der Waals surface area contributed by atoms with Crippen molar-refractivity contribution in [1.29, 1.82) is 0 Å². The van der Waals surface area contributed by atoms with E-state index in [1.165, 1.54) is 0 Å². The number of methoxy groups -OCH3 is 1. The highest BCUT2D eigenvalue weighted by Crippen LogP contribution is 2.25. The van der Waals surface area contributed by atoms with Gasteiger partial charge in [-0.2, -0.15) is 4.98 Å². The maximum Gasteiger partial charge on any atom is 0.228 e. The Balaban J connectivity index is 2.74. The molecule has 0 spiro atoms. The van der Waals surface area contributed by atoms with Crippen LogP contribution in [0.4, 0.5) is 0 Å². The van der Waals surface area contributed by atoms with E-state index >= 15 is 0 Å². The lowest BCUT2D eigenvalue weighted by atomic mass is 10.0. The van der Waals surface area contributed by atoms with Crippen molar-refractivity contribution < 1.29 is 9.26 Å². The topological polar surface area (TPSA) is 60.2 Å². The Bertz CT molecular complexity index is 295. The van der Waals surface area contributed by atoms with Crippen LogP contribution in [0.5, 0.6) is 0 Å². The van der Waals surface area contributed by atoms with Crippen LogP contribution < -0.4 is 5.32 Å². The van der Waals surface area contributed by atoms with E-state index in [2.05, 4.69) is 15.5 Å². The highest BCUT2D eigenvalue weighted by molar-refractivity contribution is 4.99. The predicted octanol–water partition coefficient (Wildman–Crippen LogP) is 1.10. The molecule has 0 aromatic carbocycles. The number of likely N-dealkylation sites (N-methyl/N-ethyl adjacent to an activating group) is 1. The van der Waals surface area contributed by atoms with Crippen LogP contribution in [-0.4, -0.2) is 30.8 Å². The van der Waals surface area contributed by atoms with E-state index in [1.54, 1.807) is 7.11 Å². The average Bonchev–Trinajstić information content (AvgIpc) is 2.74. The maximum absolute atomic E-state index is 5.39. The largest absolute Gasteiger partial charge is 0.370 e. The van der Waals surface area contributed by atoms with Gasteiger partial charge in [-0.1, -0.05) is 12.1 Å². The summed E-state index contributed by atoms with van der Waals surface area (Å²) < 4.78 is 10.5. The second-order valence-electron chi connectivity index (χ2n) is 3.65. The molecule has 0 bridgehead atoms. The van der Waals surface area contributed by atoms with Gasteiger partial charge in [0.25, 0.3) is 0 Å². The summed E-state index contributed by atoms with van der Waals surface area (Å²) in [5.74, 6) is 1.27. The summed E-state index contributed by atoms with van der Waals surface area (Å²) in [4.78, 5) is 4.32. The van der Waals surface area contributed by atoms with E-state index in [0.717, 1.165) is 19.4 Å². The predicted molar refractivity (Wildman–Crippen MR) is 56.6 cm³/mol. The summed E-state index contributed by atoms with van der Waals surface area (Å²) in [6.45, 7) is 4.82. The molecule has 5 heteroatoms. The molecule has 1 rings (SSSR count). The van der Waals surface area contributed by atoms with Gasteiger partial charge in [-0.05, 0) is 20.4 Å². The number of hydrogen-bond acceptors (Lipinski definition) is 5. The number of ether oxygens (including phenoxy) is 1. The van der Waals surface area contributed by atoms with Gasteiger partial charge in [0, 0.05) is 20.1 Å². The quantitative estimate of drug-likeness (QED) is 0.766. The van der Waals surface area contributed by atoms with E-state index in [4.69, 9.17) is 9.26 Å². The monoisotopic (exact) mass is 213 g/mol. The molecule has 1 N–H and O–H groups in total. The highest BCUT2D eigenvalue weighted by atomic mass is 16.5. The fourth-order valence-corrected chi connectivity index (χ4v) is 1.20. The lowest BCUT2D eigenvalue weighted by Gasteiger charge is -2.21. The Labute approximate surface area is 90.2 Å². The van der Waals surface area contributed by atoms with Crippen LogP contribution in [0.2, 0.25) is 0 Å². The van der Waals surface area contributed by atoms with Crippen LogP contribution in [-0.2, 0) is 16.8 Å². The minimum Gasteiger partial charge on any atom is -0.370 e. The number of aromatic nitrogens is 2. The first-order valence-electron chi connectivity index (χ1n) is 5.19. The fourth-order valence-electron chi connectivity index (χ4n) is 1.20. The van der Waals surface area contributed by atoms with Gasteiger partial charge in [-0.3, -0.25) is 0 Å². The third-order valence-electron chi connectivity index (χ3n) is 2.66. The van der Waals surface area contributed by atoms with Crippen LogP contribution in [0.3, 0.4) is 0 Å². The lowest BCUT2D eigenvalue weighted by Crippen LogP contribution is -2.24. The van der Waals surface area contributed by atoms with Crippen LogP contribution >= 0.6 is 0 Å². The van der Waals surface area contributed by atoms with Gasteiger partial charge in [-0.25, -0.2) is 0 Å². The molecule has 1 aromatic rings. The van der Waals surface area contributed by atoms with Crippen molar-refractivity contribution in [3.8, 4) is 0 Å². The van der Waals surface area contributed by atoms with Gasteiger partial charge >= 0.3 is 0 Å². The standard InChI is InChI=1S/C10H19N3O2/c1-5-10(2,14-4)9-12-8(15-13-9)6-7-11-3/h11H,5-7H2,1-4H3. The molecular formula is C10H19N3O2. The van der Waals surface area contributed by atoms with Crippen LogP contribution in [0.15, 0.2) is 4.52 Å². The summed E-state index contributed by atoms with van der Waals surface area (Å²) >= 11 is 0. The van der Waals surface area contributed by atoms with E-state index in [9.17, 15) is 0 Å². The summed E-state index contributed by atoms with van der Waals surface area (Å²) in [5, 5.41) is 6.98. The summed E-state index contributed by atoms with van der Waals surface area (Å²) in [6, 6.07) is 0. The highest BCUT2D eigenvalue weighted by Gasteiger charge is 2.29. The molecule has 15 heavy (non-hydrogen) atoms. The minimum absolute atomic E-state index is 0.443. The van der Waals surface area contributed by atoms with Gasteiger partial charge < -0.3 is 14.6 Å². The van der Waals surface area contributed by atoms with Crippen molar-refractivity contribution in [2.24, 2.45) is 0 Å². The van der Waals surface area contributed by atoms with Crippen molar-refractivity contribution >= 4 is 0 Å². The molecule has 0 fully saturated rings. The molecule has 5 nitrogen and oxygen atoms in total. The zero-order chi connectivity index (χ0) is 11.3. The third kappa shape index (κ3) is 2.76. The van der Waals surface area contributed by atoms with Gasteiger partial charge in [-0.15, -0.1) is 0 Å². The molecule has 0 aliphatic carbocycles. The number of rotatable bonds is 6. The first kappa shape index (κ1) is 12.1. The van der Waals surface area contributed by atoms with Crippen LogP contribution in [0.1, 0.15) is 32.0 Å². The second kappa shape index (κ2) is 5.23. The molecule has 0 aliphatic heterocycles. The Kier molecular flexibility index (Phi) is 4.23. The normalized spacial score (nSPS) is 15.2. The van der Waals surface area contributed by atoms with E-state index < -0.39 is 5.60 Å². The Morgan fingerprint density at radius 1 is 1.53 bits per heavy atom. The molecular weight excluding hydrogens is 194 g/mol. The van der Waals surface area contributed by atoms with E-state index in [0.29, 0.717) is 11.7 Å². The molecule has 0 saturated heterocycles. The fraction of sp³-hybridized carbons (Fsp3) is 0.800. The molecule has 0 radical (unpaired) electrons. The summed E-state index contributed by atoms with van der Waals surface area (Å²) in [5.41, 5.74) is -0.443. The molecule has 1 atom stereocenters.